The van der Waals surface area contributed by atoms with E-state index in [1.54, 1.807) is 0 Å². The average molecular weight is 363 g/mol. The van der Waals surface area contributed by atoms with Crippen molar-refractivity contribution in [2.45, 2.75) is 39.3 Å². The molecule has 1 rings (SSSR count). The number of benzene rings is 1. The van der Waals surface area contributed by atoms with Crippen LogP contribution in [0.2, 0.25) is 0 Å². The summed E-state index contributed by atoms with van der Waals surface area (Å²) < 4.78 is 27.3. The van der Waals surface area contributed by atoms with Crippen molar-refractivity contribution in [3.8, 4) is 0 Å². The first-order chi connectivity index (χ1) is 9.39. The summed E-state index contributed by atoms with van der Waals surface area (Å²) in [6.45, 7) is 5.36. The molecule has 0 saturated heterocycles. The Kier molecular flexibility index (Phi) is 7.72. The van der Waals surface area contributed by atoms with Gasteiger partial charge in [0, 0.05) is 17.1 Å². The molecular formula is C14H23BrN2O2S. The number of nitrogens with one attached hydrogen (secondary N) is 2. The van der Waals surface area contributed by atoms with Crippen molar-refractivity contribution in [3.05, 3.63) is 34.3 Å². The fraction of sp³-hybridized carbons (Fsp3) is 0.571. The molecular weight excluding hydrogens is 340 g/mol. The Morgan fingerprint density at radius 3 is 2.65 bits per heavy atom. The van der Waals surface area contributed by atoms with Crippen LogP contribution in [0.3, 0.4) is 0 Å². The quantitative estimate of drug-likeness (QED) is 0.663. The Morgan fingerprint density at radius 1 is 1.25 bits per heavy atom. The lowest BCUT2D eigenvalue weighted by atomic mass is 10.2. The van der Waals surface area contributed by atoms with Gasteiger partial charge in [0.25, 0.3) is 0 Å². The molecule has 0 saturated carbocycles. The number of hydrogen-bond acceptors (Lipinski definition) is 3. The summed E-state index contributed by atoms with van der Waals surface area (Å²) in [5.74, 6) is 0.181. The minimum atomic E-state index is -3.19. The van der Waals surface area contributed by atoms with Gasteiger partial charge in [-0.05, 0) is 37.1 Å². The maximum atomic E-state index is 11.8. The fourth-order valence-electron chi connectivity index (χ4n) is 1.72. The normalized spacial score (nSPS) is 12.0. The van der Waals surface area contributed by atoms with Gasteiger partial charge in [0.15, 0.2) is 0 Å². The van der Waals surface area contributed by atoms with Gasteiger partial charge >= 0.3 is 0 Å². The largest absolute Gasteiger partial charge is 0.315 e. The Hall–Kier alpha value is -0.430. The van der Waals surface area contributed by atoms with E-state index in [4.69, 9.17) is 0 Å². The average Bonchev–Trinajstić information content (AvgIpc) is 2.36. The predicted octanol–water partition coefficient (Wildman–Crippen LogP) is 2.65. The van der Waals surface area contributed by atoms with E-state index in [0.717, 1.165) is 23.0 Å². The van der Waals surface area contributed by atoms with Gasteiger partial charge in [0.1, 0.15) is 0 Å². The lowest BCUT2D eigenvalue weighted by molar-refractivity contribution is 0.555. The van der Waals surface area contributed by atoms with Crippen molar-refractivity contribution < 1.29 is 8.42 Å². The molecule has 0 aliphatic rings. The first-order valence-corrected chi connectivity index (χ1v) is 9.29. The second-order valence-electron chi connectivity index (χ2n) is 5.09. The molecule has 20 heavy (non-hydrogen) atoms. The third-order valence-electron chi connectivity index (χ3n) is 2.78. The highest BCUT2D eigenvalue weighted by Gasteiger charge is 2.09. The zero-order valence-electron chi connectivity index (χ0n) is 12.0. The number of halogens is 1. The zero-order chi connectivity index (χ0) is 15.0. The lowest BCUT2D eigenvalue weighted by Crippen LogP contribution is -2.27. The monoisotopic (exact) mass is 362 g/mol. The van der Waals surface area contributed by atoms with Gasteiger partial charge in [-0.2, -0.15) is 0 Å². The van der Waals surface area contributed by atoms with E-state index in [1.807, 2.05) is 24.3 Å². The van der Waals surface area contributed by atoms with Crippen LogP contribution in [0.4, 0.5) is 0 Å². The second-order valence-corrected chi connectivity index (χ2v) is 7.93. The van der Waals surface area contributed by atoms with Crippen LogP contribution in [0, 0.1) is 0 Å². The minimum absolute atomic E-state index is 0.181. The number of unbranched alkanes of at least 4 members (excludes halogenated alkanes) is 1. The van der Waals surface area contributed by atoms with Crippen LogP contribution >= 0.6 is 15.9 Å². The Morgan fingerprint density at radius 2 is 2.00 bits per heavy atom. The molecule has 0 fully saturated rings. The third-order valence-corrected chi connectivity index (χ3v) is 4.68. The number of rotatable bonds is 9. The molecule has 4 nitrogen and oxygen atoms in total. The van der Waals surface area contributed by atoms with Gasteiger partial charge in [-0.25, -0.2) is 13.1 Å². The molecule has 0 unspecified atom stereocenters. The summed E-state index contributed by atoms with van der Waals surface area (Å²) in [6, 6.07) is 8.07. The van der Waals surface area contributed by atoms with Crippen LogP contribution in [0.1, 0.15) is 32.3 Å². The van der Waals surface area contributed by atoms with E-state index in [1.165, 1.54) is 0 Å². The van der Waals surface area contributed by atoms with E-state index in [-0.39, 0.29) is 5.75 Å². The molecule has 0 atom stereocenters. The number of sulfonamides is 1. The Labute approximate surface area is 130 Å². The fourth-order valence-corrected chi connectivity index (χ4v) is 3.28. The molecule has 1 aromatic carbocycles. The highest BCUT2D eigenvalue weighted by Crippen LogP contribution is 2.11. The molecule has 0 bridgehead atoms. The summed E-state index contributed by atoms with van der Waals surface area (Å²) >= 11 is 3.37. The van der Waals surface area contributed by atoms with Gasteiger partial charge in [0.2, 0.25) is 10.0 Å². The molecule has 0 radical (unpaired) electrons. The van der Waals surface area contributed by atoms with Crippen LogP contribution in [0.25, 0.3) is 0 Å². The van der Waals surface area contributed by atoms with E-state index < -0.39 is 10.0 Å². The SMILES string of the molecule is CC(C)NCCCCS(=O)(=O)NCc1cccc(Br)c1. The van der Waals surface area contributed by atoms with Crippen LogP contribution in [-0.2, 0) is 16.6 Å². The van der Waals surface area contributed by atoms with Crippen LogP contribution in [0.15, 0.2) is 28.7 Å². The van der Waals surface area contributed by atoms with E-state index >= 15 is 0 Å². The van der Waals surface area contributed by atoms with E-state index in [9.17, 15) is 8.42 Å². The smallest absolute Gasteiger partial charge is 0.211 e. The van der Waals surface area contributed by atoms with Gasteiger partial charge in [-0.15, -0.1) is 0 Å². The molecule has 0 aromatic heterocycles. The summed E-state index contributed by atoms with van der Waals surface area (Å²) in [6.07, 6.45) is 1.55. The molecule has 6 heteroatoms. The summed E-state index contributed by atoms with van der Waals surface area (Å²) in [5, 5.41) is 3.28. The highest BCUT2D eigenvalue weighted by atomic mass is 79.9. The van der Waals surface area contributed by atoms with Crippen molar-refractivity contribution in [2.75, 3.05) is 12.3 Å². The second kappa shape index (κ2) is 8.77. The summed E-state index contributed by atoms with van der Waals surface area (Å²) in [7, 11) is -3.19. The van der Waals surface area contributed by atoms with Crippen molar-refractivity contribution >= 4 is 26.0 Å². The third kappa shape index (κ3) is 7.99. The van der Waals surface area contributed by atoms with Gasteiger partial charge in [-0.1, -0.05) is 41.9 Å². The first kappa shape index (κ1) is 17.6. The summed E-state index contributed by atoms with van der Waals surface area (Å²) in [5.41, 5.74) is 0.949. The Bertz CT molecular complexity index is 504. The van der Waals surface area contributed by atoms with Crippen LogP contribution < -0.4 is 10.0 Å². The molecule has 0 heterocycles. The van der Waals surface area contributed by atoms with Gasteiger partial charge < -0.3 is 5.32 Å². The molecule has 2 N–H and O–H groups in total. The highest BCUT2D eigenvalue weighted by molar-refractivity contribution is 9.10. The van der Waals surface area contributed by atoms with Crippen LogP contribution in [0.5, 0.6) is 0 Å². The topological polar surface area (TPSA) is 58.2 Å². The lowest BCUT2D eigenvalue weighted by Gasteiger charge is -2.09. The standard InChI is InChI=1S/C14H23BrN2O2S/c1-12(2)16-8-3-4-9-20(18,19)17-11-13-6-5-7-14(15)10-13/h5-7,10,12,16-17H,3-4,8-9,11H2,1-2H3. The molecule has 0 amide bonds. The van der Waals surface area contributed by atoms with Crippen molar-refractivity contribution in [1.82, 2.24) is 10.0 Å². The van der Waals surface area contributed by atoms with E-state index in [2.05, 4.69) is 39.8 Å². The van der Waals surface area contributed by atoms with Gasteiger partial charge in [0.05, 0.1) is 5.75 Å². The van der Waals surface area contributed by atoms with Crippen molar-refractivity contribution in [3.63, 3.8) is 0 Å². The number of hydrogen-bond donors (Lipinski definition) is 2. The van der Waals surface area contributed by atoms with Crippen LogP contribution in [-0.4, -0.2) is 26.8 Å². The first-order valence-electron chi connectivity index (χ1n) is 6.84. The molecule has 0 aliphatic heterocycles. The molecule has 1 aromatic rings. The maximum absolute atomic E-state index is 11.8. The Balaban J connectivity index is 2.28. The van der Waals surface area contributed by atoms with Gasteiger partial charge in [-0.3, -0.25) is 0 Å². The van der Waals surface area contributed by atoms with Crippen molar-refractivity contribution in [1.29, 1.82) is 0 Å². The molecule has 0 spiro atoms. The predicted molar refractivity (Wildman–Crippen MR) is 87.1 cm³/mol. The minimum Gasteiger partial charge on any atom is -0.315 e. The molecule has 0 aliphatic carbocycles. The van der Waals surface area contributed by atoms with Crippen molar-refractivity contribution in [2.24, 2.45) is 0 Å². The zero-order valence-corrected chi connectivity index (χ0v) is 14.4. The molecule has 114 valence electrons. The van der Waals surface area contributed by atoms with E-state index in [0.29, 0.717) is 19.0 Å². The maximum Gasteiger partial charge on any atom is 0.211 e. The summed E-state index contributed by atoms with van der Waals surface area (Å²) in [4.78, 5) is 0.